The Morgan fingerprint density at radius 2 is 2.14 bits per heavy atom. The molecule has 4 rings (SSSR count). The van der Waals surface area contributed by atoms with Crippen molar-refractivity contribution in [2.75, 3.05) is 19.0 Å². The molecule has 1 aliphatic heterocycles. The van der Waals surface area contributed by atoms with Crippen LogP contribution in [0.15, 0.2) is 70.3 Å². The van der Waals surface area contributed by atoms with Crippen molar-refractivity contribution in [2.24, 2.45) is 0 Å². The quantitative estimate of drug-likeness (QED) is 0.394. The number of halogens is 4. The van der Waals surface area contributed by atoms with Crippen molar-refractivity contribution in [1.82, 2.24) is 4.90 Å². The third-order valence-corrected chi connectivity index (χ3v) is 7.04. The largest absolute Gasteiger partial charge is 0.497 e. The lowest BCUT2D eigenvalue weighted by molar-refractivity contribution is -0.130. The van der Waals surface area contributed by atoms with Crippen LogP contribution in [0.25, 0.3) is 5.57 Å². The van der Waals surface area contributed by atoms with Crippen LogP contribution in [-0.4, -0.2) is 36.7 Å². The van der Waals surface area contributed by atoms with Crippen molar-refractivity contribution >= 4 is 44.7 Å². The van der Waals surface area contributed by atoms with E-state index in [0.717, 1.165) is 16.5 Å². The first-order valence-corrected chi connectivity index (χ1v) is 12.5. The summed E-state index contributed by atoms with van der Waals surface area (Å²) in [6.07, 6.45) is 4.26. The number of nitrogens with one attached hydrogen (secondary N) is 1. The van der Waals surface area contributed by atoms with Crippen LogP contribution in [-0.2, 0) is 11.2 Å². The van der Waals surface area contributed by atoms with Crippen LogP contribution in [0.1, 0.15) is 30.4 Å². The van der Waals surface area contributed by atoms with E-state index >= 15 is 4.39 Å². The molecule has 1 amide bonds. The van der Waals surface area contributed by atoms with Gasteiger partial charge in [0.2, 0.25) is 5.91 Å². The Labute approximate surface area is 217 Å². The maximum atomic E-state index is 15.4. The fourth-order valence-corrected chi connectivity index (χ4v) is 5.27. The van der Waals surface area contributed by atoms with E-state index in [2.05, 4.69) is 27.8 Å². The Morgan fingerprint density at radius 1 is 1.34 bits per heavy atom. The molecule has 0 bridgehead atoms. The standard InChI is InChI=1S/C27H26BrClF2N2O2/c1-16(32-24-9-5-7-22(27(24)31)21-6-3-4-8-23(21)29)25-14-19(30)15-33(25)26(34)12-17-10-18(28)13-20(11-17)35-2/h3,5-7,9-11,13,19,25,32H,1,4,8,12,14-15H2,2H3/t19-,25+/m1/s1. The summed E-state index contributed by atoms with van der Waals surface area (Å²) in [4.78, 5) is 14.6. The molecule has 1 saturated heterocycles. The highest BCUT2D eigenvalue weighted by atomic mass is 79.9. The highest BCUT2D eigenvalue weighted by Crippen LogP contribution is 2.35. The van der Waals surface area contributed by atoms with E-state index in [1.807, 2.05) is 18.2 Å². The second-order valence-electron chi connectivity index (χ2n) is 8.65. The molecule has 0 radical (unpaired) electrons. The van der Waals surface area contributed by atoms with Gasteiger partial charge in [-0.2, -0.15) is 0 Å². The van der Waals surface area contributed by atoms with Gasteiger partial charge in [0.1, 0.15) is 11.9 Å². The molecule has 2 aromatic carbocycles. The molecule has 8 heteroatoms. The van der Waals surface area contributed by atoms with Crippen LogP contribution in [0, 0.1) is 5.82 Å². The van der Waals surface area contributed by atoms with Crippen LogP contribution in [0.4, 0.5) is 14.5 Å². The van der Waals surface area contributed by atoms with E-state index in [9.17, 15) is 9.18 Å². The van der Waals surface area contributed by atoms with Gasteiger partial charge in [0, 0.05) is 27.2 Å². The molecule has 0 unspecified atom stereocenters. The fourth-order valence-electron chi connectivity index (χ4n) is 4.47. The molecular weight excluding hydrogens is 538 g/mol. The molecule has 2 aromatic rings. The van der Waals surface area contributed by atoms with Crippen molar-refractivity contribution in [3.05, 3.63) is 87.3 Å². The van der Waals surface area contributed by atoms with Gasteiger partial charge in [-0.05, 0) is 48.2 Å². The Balaban J connectivity index is 1.52. The second kappa shape index (κ2) is 11.0. The summed E-state index contributed by atoms with van der Waals surface area (Å²) in [6.45, 7) is 3.99. The maximum absolute atomic E-state index is 15.4. The number of benzene rings is 2. The Morgan fingerprint density at radius 3 is 2.89 bits per heavy atom. The summed E-state index contributed by atoms with van der Waals surface area (Å²) in [7, 11) is 1.55. The molecule has 2 atom stereocenters. The number of carbonyl (C=O) groups is 1. The maximum Gasteiger partial charge on any atom is 0.227 e. The molecule has 1 N–H and O–H groups in total. The van der Waals surface area contributed by atoms with E-state index in [0.29, 0.717) is 34.0 Å². The Bertz CT molecular complexity index is 1210. The van der Waals surface area contributed by atoms with Crippen molar-refractivity contribution in [3.8, 4) is 5.75 Å². The number of nitrogens with zero attached hydrogens (tertiary/aromatic N) is 1. The Kier molecular flexibility index (Phi) is 7.97. The molecule has 35 heavy (non-hydrogen) atoms. The predicted octanol–water partition coefficient (Wildman–Crippen LogP) is 7.00. The van der Waals surface area contributed by atoms with Crippen LogP contribution in [0.3, 0.4) is 0 Å². The molecule has 0 saturated carbocycles. The number of likely N-dealkylation sites (tertiary alicyclic amines) is 1. The molecule has 2 aliphatic rings. The van der Waals surface area contributed by atoms with E-state index < -0.39 is 18.0 Å². The third-order valence-electron chi connectivity index (χ3n) is 6.19. The van der Waals surface area contributed by atoms with Gasteiger partial charge in [-0.1, -0.05) is 58.4 Å². The number of hydrogen-bond acceptors (Lipinski definition) is 3. The van der Waals surface area contributed by atoms with E-state index in [-0.39, 0.29) is 31.0 Å². The van der Waals surface area contributed by atoms with Gasteiger partial charge in [-0.15, -0.1) is 0 Å². The monoisotopic (exact) mass is 562 g/mol. The summed E-state index contributed by atoms with van der Waals surface area (Å²) in [5, 5.41) is 3.61. The predicted molar refractivity (Wildman–Crippen MR) is 140 cm³/mol. The van der Waals surface area contributed by atoms with Gasteiger partial charge in [0.15, 0.2) is 5.82 Å². The number of anilines is 1. The number of alkyl halides is 1. The lowest BCUT2D eigenvalue weighted by atomic mass is 9.98. The van der Waals surface area contributed by atoms with Crippen molar-refractivity contribution < 1.29 is 18.3 Å². The van der Waals surface area contributed by atoms with Crippen LogP contribution >= 0.6 is 27.5 Å². The molecule has 1 heterocycles. The number of carbonyl (C=O) groups excluding carboxylic acids is 1. The number of ether oxygens (including phenoxy) is 1. The SMILES string of the molecule is C=C(Nc1cccc(C2=C(Cl)CCC=C2)c1F)[C@@H]1C[C@@H](F)CN1C(=O)Cc1cc(Br)cc(OC)c1. The van der Waals surface area contributed by atoms with E-state index in [4.69, 9.17) is 16.3 Å². The van der Waals surface area contributed by atoms with Crippen LogP contribution < -0.4 is 10.1 Å². The first-order chi connectivity index (χ1) is 16.8. The number of hydrogen-bond donors (Lipinski definition) is 1. The van der Waals surface area contributed by atoms with Crippen molar-refractivity contribution in [2.45, 2.75) is 37.9 Å². The van der Waals surface area contributed by atoms with Gasteiger partial charge >= 0.3 is 0 Å². The first-order valence-electron chi connectivity index (χ1n) is 11.3. The smallest absolute Gasteiger partial charge is 0.227 e. The van der Waals surface area contributed by atoms with Crippen LogP contribution in [0.5, 0.6) is 5.75 Å². The zero-order chi connectivity index (χ0) is 25.1. The molecule has 1 aliphatic carbocycles. The number of amides is 1. The molecule has 0 aromatic heterocycles. The number of methoxy groups -OCH3 is 1. The van der Waals surface area contributed by atoms with Gasteiger partial charge in [-0.25, -0.2) is 8.78 Å². The van der Waals surface area contributed by atoms with E-state index in [1.165, 1.54) is 4.90 Å². The minimum absolute atomic E-state index is 0.0366. The molecule has 1 fully saturated rings. The highest BCUT2D eigenvalue weighted by Gasteiger charge is 2.37. The average molecular weight is 564 g/mol. The second-order valence-corrected chi connectivity index (χ2v) is 10.0. The molecule has 4 nitrogen and oxygen atoms in total. The summed E-state index contributed by atoms with van der Waals surface area (Å²) in [5.74, 6) is -0.0908. The van der Waals surface area contributed by atoms with Crippen LogP contribution in [0.2, 0.25) is 0 Å². The zero-order valence-electron chi connectivity index (χ0n) is 19.3. The lowest BCUT2D eigenvalue weighted by Gasteiger charge is -2.27. The minimum atomic E-state index is -1.19. The zero-order valence-corrected chi connectivity index (χ0v) is 21.6. The Hall–Kier alpha value is -2.64. The van der Waals surface area contributed by atoms with Gasteiger partial charge in [0.25, 0.3) is 0 Å². The number of rotatable bonds is 7. The topological polar surface area (TPSA) is 41.6 Å². The minimum Gasteiger partial charge on any atom is -0.497 e. The lowest BCUT2D eigenvalue weighted by Crippen LogP contribution is -2.39. The summed E-state index contributed by atoms with van der Waals surface area (Å²) < 4.78 is 35.9. The van der Waals surface area contributed by atoms with Crippen molar-refractivity contribution in [3.63, 3.8) is 0 Å². The van der Waals surface area contributed by atoms with Crippen molar-refractivity contribution in [1.29, 1.82) is 0 Å². The molecular formula is C27H26BrClF2N2O2. The highest BCUT2D eigenvalue weighted by molar-refractivity contribution is 9.10. The van der Waals surface area contributed by atoms with Gasteiger partial charge < -0.3 is 15.0 Å². The molecule has 0 spiro atoms. The normalized spacial score (nSPS) is 19.7. The summed E-state index contributed by atoms with van der Waals surface area (Å²) in [6, 6.07) is 9.78. The summed E-state index contributed by atoms with van der Waals surface area (Å²) >= 11 is 9.76. The van der Waals surface area contributed by atoms with Gasteiger partial charge in [0.05, 0.1) is 31.8 Å². The first kappa shape index (κ1) is 25.5. The average Bonchev–Trinajstić information content (AvgIpc) is 3.22. The number of allylic oxidation sites excluding steroid dienone is 4. The molecule has 184 valence electrons. The fraction of sp³-hybridized carbons (Fsp3) is 0.296. The third kappa shape index (κ3) is 5.78. The summed E-state index contributed by atoms with van der Waals surface area (Å²) in [5.41, 5.74) is 2.34. The van der Waals surface area contributed by atoms with E-state index in [1.54, 1.807) is 37.4 Å². The van der Waals surface area contributed by atoms with Gasteiger partial charge in [-0.3, -0.25) is 4.79 Å².